The van der Waals surface area contributed by atoms with Crippen LogP contribution in [0.4, 0.5) is 5.69 Å². The standard InChI is InChI=1S/C19H22N2O2/c22-19(21-14-6-7-15-21)12-13-20-17-10-4-5-11-18(17)23-16-8-2-1-3-9-16/h1-5,8-11,20H,6-7,12-15H2. The van der Waals surface area contributed by atoms with Gasteiger partial charge < -0.3 is 15.0 Å². The van der Waals surface area contributed by atoms with Crippen LogP contribution in [0.5, 0.6) is 11.5 Å². The van der Waals surface area contributed by atoms with Crippen molar-refractivity contribution in [2.75, 3.05) is 25.0 Å². The van der Waals surface area contributed by atoms with Crippen LogP contribution >= 0.6 is 0 Å². The zero-order valence-corrected chi connectivity index (χ0v) is 13.2. The van der Waals surface area contributed by atoms with Crippen LogP contribution < -0.4 is 10.1 Å². The second-order valence-corrected chi connectivity index (χ2v) is 5.68. The second kappa shape index (κ2) is 7.68. The number of nitrogens with one attached hydrogen (secondary N) is 1. The predicted octanol–water partition coefficient (Wildman–Crippen LogP) is 3.90. The van der Waals surface area contributed by atoms with Gasteiger partial charge in [0.1, 0.15) is 5.75 Å². The summed E-state index contributed by atoms with van der Waals surface area (Å²) in [4.78, 5) is 14.0. The van der Waals surface area contributed by atoms with Gasteiger partial charge in [0.05, 0.1) is 5.69 Å². The van der Waals surface area contributed by atoms with Crippen molar-refractivity contribution in [1.29, 1.82) is 0 Å². The molecule has 0 unspecified atom stereocenters. The quantitative estimate of drug-likeness (QED) is 0.879. The molecule has 0 atom stereocenters. The zero-order valence-electron chi connectivity index (χ0n) is 13.2. The summed E-state index contributed by atoms with van der Waals surface area (Å²) in [6.07, 6.45) is 2.78. The van der Waals surface area contributed by atoms with Gasteiger partial charge >= 0.3 is 0 Å². The van der Waals surface area contributed by atoms with Crippen molar-refractivity contribution in [3.8, 4) is 11.5 Å². The van der Waals surface area contributed by atoms with E-state index in [0.29, 0.717) is 13.0 Å². The molecular formula is C19H22N2O2. The van der Waals surface area contributed by atoms with Crippen LogP contribution in [-0.4, -0.2) is 30.4 Å². The van der Waals surface area contributed by atoms with Crippen molar-refractivity contribution in [2.24, 2.45) is 0 Å². The third-order valence-electron chi connectivity index (χ3n) is 3.97. The molecule has 1 saturated heterocycles. The number of nitrogens with zero attached hydrogens (tertiary/aromatic N) is 1. The van der Waals surface area contributed by atoms with E-state index >= 15 is 0 Å². The van der Waals surface area contributed by atoms with Crippen molar-refractivity contribution in [3.05, 3.63) is 54.6 Å². The highest BCUT2D eigenvalue weighted by Gasteiger charge is 2.17. The first-order valence-electron chi connectivity index (χ1n) is 8.16. The molecule has 1 amide bonds. The van der Waals surface area contributed by atoms with E-state index in [1.807, 2.05) is 59.5 Å². The van der Waals surface area contributed by atoms with Crippen molar-refractivity contribution >= 4 is 11.6 Å². The first kappa shape index (κ1) is 15.4. The molecular weight excluding hydrogens is 288 g/mol. The Hall–Kier alpha value is -2.49. The van der Waals surface area contributed by atoms with E-state index in [1.165, 1.54) is 0 Å². The van der Waals surface area contributed by atoms with E-state index in [-0.39, 0.29) is 5.91 Å². The van der Waals surface area contributed by atoms with Crippen molar-refractivity contribution in [2.45, 2.75) is 19.3 Å². The van der Waals surface area contributed by atoms with Crippen LogP contribution in [0.2, 0.25) is 0 Å². The van der Waals surface area contributed by atoms with E-state index < -0.39 is 0 Å². The van der Waals surface area contributed by atoms with Crippen molar-refractivity contribution in [3.63, 3.8) is 0 Å². The van der Waals surface area contributed by atoms with Gasteiger partial charge in [-0.25, -0.2) is 0 Å². The molecule has 1 heterocycles. The van der Waals surface area contributed by atoms with Crippen LogP contribution in [0.25, 0.3) is 0 Å². The lowest BCUT2D eigenvalue weighted by Gasteiger charge is -2.16. The second-order valence-electron chi connectivity index (χ2n) is 5.68. The number of para-hydroxylation sites is 3. The molecule has 1 fully saturated rings. The Morgan fingerprint density at radius 2 is 1.70 bits per heavy atom. The summed E-state index contributed by atoms with van der Waals surface area (Å²) in [6.45, 7) is 2.43. The highest BCUT2D eigenvalue weighted by atomic mass is 16.5. The third kappa shape index (κ3) is 4.25. The highest BCUT2D eigenvalue weighted by Crippen LogP contribution is 2.29. The van der Waals surface area contributed by atoms with Crippen LogP contribution in [0.15, 0.2) is 54.6 Å². The fraction of sp³-hybridized carbons (Fsp3) is 0.316. The number of likely N-dealkylation sites (tertiary alicyclic amines) is 1. The highest BCUT2D eigenvalue weighted by molar-refractivity contribution is 5.77. The van der Waals surface area contributed by atoms with Gasteiger partial charge in [-0.3, -0.25) is 4.79 Å². The SMILES string of the molecule is O=C(CCNc1ccccc1Oc1ccccc1)N1CCCC1. The maximum absolute atomic E-state index is 12.1. The van der Waals surface area contributed by atoms with Gasteiger partial charge in [0.25, 0.3) is 0 Å². The lowest BCUT2D eigenvalue weighted by atomic mass is 10.2. The number of carbonyl (C=O) groups excluding carboxylic acids is 1. The summed E-state index contributed by atoms with van der Waals surface area (Å²) in [5.74, 6) is 1.80. The van der Waals surface area contributed by atoms with Crippen LogP contribution in [0.1, 0.15) is 19.3 Å². The van der Waals surface area contributed by atoms with E-state index in [4.69, 9.17) is 4.74 Å². The zero-order chi connectivity index (χ0) is 15.9. The van der Waals surface area contributed by atoms with E-state index in [9.17, 15) is 4.79 Å². The van der Waals surface area contributed by atoms with E-state index in [2.05, 4.69) is 5.32 Å². The molecule has 0 saturated carbocycles. The first-order chi connectivity index (χ1) is 11.3. The number of hydrogen-bond acceptors (Lipinski definition) is 3. The molecule has 2 aromatic carbocycles. The summed E-state index contributed by atoms with van der Waals surface area (Å²) in [5, 5.41) is 3.32. The average Bonchev–Trinajstić information content (AvgIpc) is 3.12. The van der Waals surface area contributed by atoms with Crippen LogP contribution in [-0.2, 0) is 4.79 Å². The lowest BCUT2D eigenvalue weighted by Crippen LogP contribution is -2.29. The Kier molecular flexibility index (Phi) is 5.14. The number of rotatable bonds is 6. The molecule has 0 spiro atoms. The molecule has 1 aliphatic rings. The van der Waals surface area contributed by atoms with Crippen molar-refractivity contribution in [1.82, 2.24) is 4.90 Å². The maximum Gasteiger partial charge on any atom is 0.224 e. The van der Waals surface area contributed by atoms with Gasteiger partial charge in [0, 0.05) is 26.1 Å². The van der Waals surface area contributed by atoms with Gasteiger partial charge in [-0.2, -0.15) is 0 Å². The van der Waals surface area contributed by atoms with Crippen LogP contribution in [0, 0.1) is 0 Å². The fourth-order valence-electron chi connectivity index (χ4n) is 2.75. The minimum atomic E-state index is 0.233. The molecule has 4 nitrogen and oxygen atoms in total. The minimum Gasteiger partial charge on any atom is -0.455 e. The van der Waals surface area contributed by atoms with Crippen LogP contribution in [0.3, 0.4) is 0 Å². The number of carbonyl (C=O) groups is 1. The number of benzene rings is 2. The third-order valence-corrected chi connectivity index (χ3v) is 3.97. The largest absolute Gasteiger partial charge is 0.455 e. The first-order valence-corrected chi connectivity index (χ1v) is 8.16. The monoisotopic (exact) mass is 310 g/mol. The molecule has 0 aliphatic carbocycles. The molecule has 0 radical (unpaired) electrons. The number of amides is 1. The van der Waals surface area contributed by atoms with E-state index in [1.54, 1.807) is 0 Å². The molecule has 0 aromatic heterocycles. The molecule has 4 heteroatoms. The smallest absolute Gasteiger partial charge is 0.224 e. The predicted molar refractivity (Wildman–Crippen MR) is 91.9 cm³/mol. The van der Waals surface area contributed by atoms with Gasteiger partial charge in [-0.1, -0.05) is 30.3 Å². The van der Waals surface area contributed by atoms with Crippen molar-refractivity contribution < 1.29 is 9.53 Å². The molecule has 2 aromatic rings. The summed E-state index contributed by atoms with van der Waals surface area (Å²) in [6, 6.07) is 17.5. The molecule has 0 bridgehead atoms. The maximum atomic E-state index is 12.1. The van der Waals surface area contributed by atoms with Gasteiger partial charge in [-0.05, 0) is 37.1 Å². The Bertz CT molecular complexity index is 637. The minimum absolute atomic E-state index is 0.233. The van der Waals surface area contributed by atoms with Gasteiger partial charge in [0.2, 0.25) is 5.91 Å². The Morgan fingerprint density at radius 3 is 2.48 bits per heavy atom. The summed E-state index contributed by atoms with van der Waals surface area (Å²) < 4.78 is 5.91. The normalized spacial score (nSPS) is 13.8. The molecule has 120 valence electrons. The molecule has 3 rings (SSSR count). The molecule has 23 heavy (non-hydrogen) atoms. The summed E-state index contributed by atoms with van der Waals surface area (Å²) in [5.41, 5.74) is 0.908. The van der Waals surface area contributed by atoms with Gasteiger partial charge in [-0.15, -0.1) is 0 Å². The number of anilines is 1. The Labute approximate surface area is 137 Å². The Morgan fingerprint density at radius 1 is 1.00 bits per heavy atom. The summed E-state index contributed by atoms with van der Waals surface area (Å²) in [7, 11) is 0. The molecule has 1 N–H and O–H groups in total. The number of ether oxygens (including phenoxy) is 1. The topological polar surface area (TPSA) is 41.6 Å². The number of hydrogen-bond donors (Lipinski definition) is 1. The van der Waals surface area contributed by atoms with E-state index in [0.717, 1.165) is 43.1 Å². The Balaban J connectivity index is 1.56. The fourth-order valence-corrected chi connectivity index (χ4v) is 2.75. The van der Waals surface area contributed by atoms with Gasteiger partial charge in [0.15, 0.2) is 5.75 Å². The molecule has 1 aliphatic heterocycles. The average molecular weight is 310 g/mol. The summed E-state index contributed by atoms with van der Waals surface area (Å²) >= 11 is 0. The lowest BCUT2D eigenvalue weighted by molar-refractivity contribution is -0.129.